The van der Waals surface area contributed by atoms with Gasteiger partial charge in [0.15, 0.2) is 0 Å². The molecule has 1 heterocycles. The standard InChI is InChI=1S/C10H14S/c1-7-4-8-5-10(2,3)6-9(8)11-7/h4H,5-6H2,1-3H3. The first-order valence-corrected chi connectivity index (χ1v) is 4.97. The zero-order valence-corrected chi connectivity index (χ0v) is 8.22. The fraction of sp³-hybridized carbons (Fsp3) is 0.600. The van der Waals surface area contributed by atoms with Crippen LogP contribution in [0.15, 0.2) is 6.07 Å². The third-order valence-corrected chi connectivity index (χ3v) is 3.42. The van der Waals surface area contributed by atoms with Crippen LogP contribution in [0.5, 0.6) is 0 Å². The molecule has 0 unspecified atom stereocenters. The SMILES string of the molecule is Cc1cc2c(s1)CC(C)(C)C2. The van der Waals surface area contributed by atoms with Crippen molar-refractivity contribution in [3.05, 3.63) is 21.4 Å². The summed E-state index contributed by atoms with van der Waals surface area (Å²) >= 11 is 1.98. The van der Waals surface area contributed by atoms with Crippen LogP contribution in [-0.2, 0) is 12.8 Å². The predicted molar refractivity (Wildman–Crippen MR) is 50.2 cm³/mol. The van der Waals surface area contributed by atoms with Gasteiger partial charge in [0.05, 0.1) is 0 Å². The highest BCUT2D eigenvalue weighted by molar-refractivity contribution is 7.12. The van der Waals surface area contributed by atoms with E-state index in [-0.39, 0.29) is 0 Å². The number of hydrogen-bond acceptors (Lipinski definition) is 1. The minimum Gasteiger partial charge on any atom is -0.145 e. The fourth-order valence-corrected chi connectivity index (χ4v) is 3.24. The zero-order chi connectivity index (χ0) is 8.06. The summed E-state index contributed by atoms with van der Waals surface area (Å²) in [7, 11) is 0. The molecule has 60 valence electrons. The van der Waals surface area contributed by atoms with E-state index in [0.717, 1.165) is 0 Å². The molecule has 1 aliphatic carbocycles. The second-order valence-corrected chi connectivity index (χ2v) is 5.66. The van der Waals surface area contributed by atoms with Crippen molar-refractivity contribution in [3.8, 4) is 0 Å². The lowest BCUT2D eigenvalue weighted by atomic mass is 9.91. The Morgan fingerprint density at radius 1 is 1.36 bits per heavy atom. The molecular weight excluding hydrogens is 152 g/mol. The average molecular weight is 166 g/mol. The van der Waals surface area contributed by atoms with Gasteiger partial charge in [-0.2, -0.15) is 0 Å². The lowest BCUT2D eigenvalue weighted by molar-refractivity contribution is 0.393. The molecule has 0 bridgehead atoms. The topological polar surface area (TPSA) is 0 Å². The molecule has 0 saturated heterocycles. The monoisotopic (exact) mass is 166 g/mol. The number of hydrogen-bond donors (Lipinski definition) is 0. The highest BCUT2D eigenvalue weighted by Gasteiger charge is 2.29. The molecule has 0 amide bonds. The van der Waals surface area contributed by atoms with Crippen LogP contribution in [-0.4, -0.2) is 0 Å². The van der Waals surface area contributed by atoms with Gasteiger partial charge in [0.2, 0.25) is 0 Å². The van der Waals surface area contributed by atoms with Gasteiger partial charge < -0.3 is 0 Å². The molecule has 0 saturated carbocycles. The third-order valence-electron chi connectivity index (χ3n) is 2.33. The van der Waals surface area contributed by atoms with Gasteiger partial charge in [0.1, 0.15) is 0 Å². The zero-order valence-electron chi connectivity index (χ0n) is 7.40. The van der Waals surface area contributed by atoms with Crippen LogP contribution in [0, 0.1) is 12.3 Å². The van der Waals surface area contributed by atoms with E-state index < -0.39 is 0 Å². The first-order valence-electron chi connectivity index (χ1n) is 4.15. The normalized spacial score (nSPS) is 20.3. The summed E-state index contributed by atoms with van der Waals surface area (Å²) in [5.74, 6) is 0. The van der Waals surface area contributed by atoms with Gasteiger partial charge in [0, 0.05) is 9.75 Å². The Morgan fingerprint density at radius 2 is 2.09 bits per heavy atom. The molecule has 0 aliphatic heterocycles. The molecule has 0 aromatic carbocycles. The van der Waals surface area contributed by atoms with E-state index in [0.29, 0.717) is 5.41 Å². The van der Waals surface area contributed by atoms with E-state index in [1.165, 1.54) is 17.7 Å². The van der Waals surface area contributed by atoms with Crippen LogP contribution in [0.3, 0.4) is 0 Å². The lowest BCUT2D eigenvalue weighted by Crippen LogP contribution is -2.09. The van der Waals surface area contributed by atoms with Gasteiger partial charge in [-0.3, -0.25) is 0 Å². The van der Waals surface area contributed by atoms with E-state index in [9.17, 15) is 0 Å². The maximum Gasteiger partial charge on any atom is 0.00856 e. The predicted octanol–water partition coefficient (Wildman–Crippen LogP) is 3.18. The van der Waals surface area contributed by atoms with Crippen molar-refractivity contribution < 1.29 is 0 Å². The maximum absolute atomic E-state index is 2.36. The Balaban J connectivity index is 2.37. The molecule has 0 spiro atoms. The summed E-state index contributed by atoms with van der Waals surface area (Å²) < 4.78 is 0. The minimum atomic E-state index is 0.537. The van der Waals surface area contributed by atoms with Crippen LogP contribution in [0.25, 0.3) is 0 Å². The van der Waals surface area contributed by atoms with Crippen molar-refractivity contribution in [2.45, 2.75) is 33.6 Å². The van der Waals surface area contributed by atoms with Crippen molar-refractivity contribution in [3.63, 3.8) is 0 Å². The van der Waals surface area contributed by atoms with Gasteiger partial charge in [0.25, 0.3) is 0 Å². The van der Waals surface area contributed by atoms with Crippen LogP contribution >= 0.6 is 11.3 Å². The molecule has 0 nitrogen and oxygen atoms in total. The number of aryl methyl sites for hydroxylation is 1. The number of rotatable bonds is 0. The molecule has 1 aromatic heterocycles. The quantitative estimate of drug-likeness (QED) is 0.555. The van der Waals surface area contributed by atoms with E-state index in [4.69, 9.17) is 0 Å². The number of thiophene rings is 1. The molecule has 2 rings (SSSR count). The van der Waals surface area contributed by atoms with Crippen molar-refractivity contribution in [1.82, 2.24) is 0 Å². The van der Waals surface area contributed by atoms with Crippen LogP contribution in [0.1, 0.15) is 29.2 Å². The summed E-state index contributed by atoms with van der Waals surface area (Å²) in [5, 5.41) is 0. The molecule has 1 heteroatoms. The van der Waals surface area contributed by atoms with Crippen LogP contribution in [0.4, 0.5) is 0 Å². The first kappa shape index (κ1) is 7.35. The van der Waals surface area contributed by atoms with Gasteiger partial charge in [-0.1, -0.05) is 13.8 Å². The average Bonchev–Trinajstić information content (AvgIpc) is 2.17. The van der Waals surface area contributed by atoms with E-state index in [2.05, 4.69) is 26.8 Å². The van der Waals surface area contributed by atoms with E-state index >= 15 is 0 Å². The van der Waals surface area contributed by atoms with Gasteiger partial charge in [-0.15, -0.1) is 11.3 Å². The lowest BCUT2D eigenvalue weighted by Gasteiger charge is -2.15. The van der Waals surface area contributed by atoms with Crippen molar-refractivity contribution >= 4 is 11.3 Å². The summed E-state index contributed by atoms with van der Waals surface area (Å²) in [5.41, 5.74) is 2.15. The van der Waals surface area contributed by atoms with Gasteiger partial charge in [-0.05, 0) is 36.8 Å². The third kappa shape index (κ3) is 1.22. The van der Waals surface area contributed by atoms with Gasteiger partial charge >= 0.3 is 0 Å². The molecule has 0 fully saturated rings. The minimum absolute atomic E-state index is 0.537. The fourth-order valence-electron chi connectivity index (χ4n) is 1.93. The summed E-state index contributed by atoms with van der Waals surface area (Å²) in [4.78, 5) is 3.11. The van der Waals surface area contributed by atoms with Crippen molar-refractivity contribution in [2.24, 2.45) is 5.41 Å². The smallest absolute Gasteiger partial charge is 0.00856 e. The van der Waals surface area contributed by atoms with Crippen LogP contribution < -0.4 is 0 Å². The summed E-state index contributed by atoms with van der Waals surface area (Å²) in [6, 6.07) is 2.36. The second kappa shape index (κ2) is 2.10. The van der Waals surface area contributed by atoms with E-state index in [1.807, 2.05) is 11.3 Å². The van der Waals surface area contributed by atoms with Crippen molar-refractivity contribution in [1.29, 1.82) is 0 Å². The Hall–Kier alpha value is -0.300. The number of fused-ring (bicyclic) bond motifs is 1. The Bertz CT molecular complexity index is 256. The molecule has 1 aliphatic rings. The highest BCUT2D eigenvalue weighted by atomic mass is 32.1. The second-order valence-electron chi connectivity index (χ2n) is 4.32. The highest BCUT2D eigenvalue weighted by Crippen LogP contribution is 2.40. The molecule has 0 N–H and O–H groups in total. The Kier molecular flexibility index (Phi) is 1.40. The molecule has 0 atom stereocenters. The van der Waals surface area contributed by atoms with Gasteiger partial charge in [-0.25, -0.2) is 0 Å². The van der Waals surface area contributed by atoms with Crippen molar-refractivity contribution in [2.75, 3.05) is 0 Å². The summed E-state index contributed by atoms with van der Waals surface area (Å²) in [6.07, 6.45) is 2.58. The molecule has 0 radical (unpaired) electrons. The Labute approximate surface area is 72.3 Å². The Morgan fingerprint density at radius 3 is 2.73 bits per heavy atom. The summed E-state index contributed by atoms with van der Waals surface area (Å²) in [6.45, 7) is 6.92. The molecule has 1 aromatic rings. The largest absolute Gasteiger partial charge is 0.145 e. The maximum atomic E-state index is 2.36. The molecular formula is C10H14S. The van der Waals surface area contributed by atoms with Crippen LogP contribution in [0.2, 0.25) is 0 Å². The molecule has 11 heavy (non-hydrogen) atoms. The first-order chi connectivity index (χ1) is 5.07. The van der Waals surface area contributed by atoms with E-state index in [1.54, 1.807) is 10.4 Å².